The van der Waals surface area contributed by atoms with Crippen molar-refractivity contribution in [1.82, 2.24) is 14.8 Å². The summed E-state index contributed by atoms with van der Waals surface area (Å²) in [5, 5.41) is 12.4. The maximum Gasteiger partial charge on any atom is 0.361 e. The third-order valence-electron chi connectivity index (χ3n) is 6.84. The number of hydrogen-bond donors (Lipinski definition) is 1. The van der Waals surface area contributed by atoms with E-state index >= 15 is 0 Å². The molecule has 8 heteroatoms. The number of fused-ring (bicyclic) bond motifs is 3. The molecule has 3 aliphatic rings. The third-order valence-corrected chi connectivity index (χ3v) is 6.84. The third kappa shape index (κ3) is 3.10. The molecule has 0 aromatic heterocycles. The summed E-state index contributed by atoms with van der Waals surface area (Å²) in [4.78, 5) is 29.3. The van der Waals surface area contributed by atoms with Crippen LogP contribution >= 0.6 is 0 Å². The van der Waals surface area contributed by atoms with Crippen LogP contribution in [0, 0.1) is 11.5 Å². The van der Waals surface area contributed by atoms with Gasteiger partial charge in [-0.3, -0.25) is 5.01 Å². The Bertz CT molecular complexity index is 864. The number of piperidine rings is 1. The molecule has 0 spiro atoms. The van der Waals surface area contributed by atoms with Gasteiger partial charge in [-0.2, -0.15) is 5.26 Å². The maximum absolute atomic E-state index is 13.4. The van der Waals surface area contributed by atoms with Gasteiger partial charge in [0, 0.05) is 24.0 Å². The van der Waals surface area contributed by atoms with Crippen molar-refractivity contribution in [2.45, 2.75) is 63.1 Å². The van der Waals surface area contributed by atoms with Crippen LogP contribution in [-0.4, -0.2) is 58.6 Å². The fraction of sp³-hybridized carbons (Fsp3) is 0.571. The Hall–Kier alpha value is -2.79. The minimum atomic E-state index is -0.876. The van der Waals surface area contributed by atoms with Crippen molar-refractivity contribution in [3.63, 3.8) is 0 Å². The lowest BCUT2D eigenvalue weighted by molar-refractivity contribution is 0.101. The number of nitrogens with zero attached hydrogens (tertiary/aromatic N) is 5. The molecule has 2 bridgehead atoms. The molecule has 4 amide bonds. The van der Waals surface area contributed by atoms with Crippen LogP contribution in [0.1, 0.15) is 45.1 Å². The highest BCUT2D eigenvalue weighted by molar-refractivity contribution is 5.96. The predicted molar refractivity (Wildman–Crippen MR) is 109 cm³/mol. The van der Waals surface area contributed by atoms with Gasteiger partial charge in [-0.1, -0.05) is 32.0 Å². The molecule has 154 valence electrons. The second kappa shape index (κ2) is 6.92. The zero-order valence-corrected chi connectivity index (χ0v) is 17.2. The van der Waals surface area contributed by atoms with E-state index in [1.54, 1.807) is 5.01 Å². The number of rotatable bonds is 2. The van der Waals surface area contributed by atoms with Crippen molar-refractivity contribution < 1.29 is 9.59 Å². The molecule has 2 saturated heterocycles. The second-order valence-corrected chi connectivity index (χ2v) is 9.04. The van der Waals surface area contributed by atoms with Gasteiger partial charge in [0.15, 0.2) is 6.19 Å². The standard InChI is InChI=1S/C21H28N6O2/c1-21(2)12-26(18-7-5-4-6-17(18)21)27(19(23)28)20(29)25(13-22)16-10-14-8-9-15(11-16)24(14)3/h4-7,14-16H,8-12H2,1-3H3,(H2,23,28). The summed E-state index contributed by atoms with van der Waals surface area (Å²) in [6.07, 6.45) is 5.69. The molecule has 2 N–H and O–H groups in total. The number of para-hydroxylation sites is 1. The fourth-order valence-corrected chi connectivity index (χ4v) is 5.29. The van der Waals surface area contributed by atoms with Crippen molar-refractivity contribution in [2.24, 2.45) is 5.73 Å². The number of amides is 4. The van der Waals surface area contributed by atoms with Crippen molar-refractivity contribution in [3.8, 4) is 6.19 Å². The number of anilines is 1. The molecule has 29 heavy (non-hydrogen) atoms. The molecule has 0 saturated carbocycles. The van der Waals surface area contributed by atoms with E-state index in [0.29, 0.717) is 18.6 Å². The highest BCUT2D eigenvalue weighted by atomic mass is 16.2. The summed E-state index contributed by atoms with van der Waals surface area (Å²) in [6.45, 7) is 4.55. The second-order valence-electron chi connectivity index (χ2n) is 9.04. The van der Waals surface area contributed by atoms with E-state index in [2.05, 4.69) is 25.8 Å². The fourth-order valence-electron chi connectivity index (χ4n) is 5.29. The largest absolute Gasteiger partial charge is 0.361 e. The maximum atomic E-state index is 13.4. The number of nitriles is 1. The minimum Gasteiger partial charge on any atom is -0.350 e. The number of hydrazine groups is 1. The molecule has 2 unspecified atom stereocenters. The Morgan fingerprint density at radius 2 is 1.83 bits per heavy atom. The Balaban J connectivity index is 1.63. The van der Waals surface area contributed by atoms with Gasteiger partial charge < -0.3 is 10.6 Å². The molecule has 8 nitrogen and oxygen atoms in total. The van der Waals surface area contributed by atoms with Crippen LogP contribution in [0.15, 0.2) is 24.3 Å². The van der Waals surface area contributed by atoms with E-state index in [9.17, 15) is 14.9 Å². The summed E-state index contributed by atoms with van der Waals surface area (Å²) in [7, 11) is 2.11. The van der Waals surface area contributed by atoms with Gasteiger partial charge in [0.1, 0.15) is 0 Å². The highest BCUT2D eigenvalue weighted by Gasteiger charge is 2.46. The molecule has 2 atom stereocenters. The first-order valence-corrected chi connectivity index (χ1v) is 10.2. The first kappa shape index (κ1) is 19.5. The molecule has 3 aliphatic heterocycles. The summed E-state index contributed by atoms with van der Waals surface area (Å²) < 4.78 is 0. The number of carbonyl (C=O) groups is 2. The van der Waals surface area contributed by atoms with Gasteiger partial charge in [-0.15, -0.1) is 5.01 Å². The lowest BCUT2D eigenvalue weighted by atomic mass is 9.87. The van der Waals surface area contributed by atoms with Gasteiger partial charge in [0.2, 0.25) is 0 Å². The average molecular weight is 396 g/mol. The number of imide groups is 1. The molecule has 1 aromatic rings. The zero-order chi connectivity index (χ0) is 20.9. The topological polar surface area (TPSA) is 96.9 Å². The van der Waals surface area contributed by atoms with Crippen LogP contribution in [0.2, 0.25) is 0 Å². The lowest BCUT2D eigenvalue weighted by Crippen LogP contribution is -2.59. The van der Waals surface area contributed by atoms with Crippen molar-refractivity contribution in [3.05, 3.63) is 29.8 Å². The van der Waals surface area contributed by atoms with Crippen molar-refractivity contribution >= 4 is 17.7 Å². The Morgan fingerprint density at radius 1 is 1.21 bits per heavy atom. The average Bonchev–Trinajstić information content (AvgIpc) is 3.03. The van der Waals surface area contributed by atoms with Crippen LogP contribution < -0.4 is 10.7 Å². The predicted octanol–water partition coefficient (Wildman–Crippen LogP) is 2.61. The summed E-state index contributed by atoms with van der Waals surface area (Å²) in [5.41, 5.74) is 7.21. The van der Waals surface area contributed by atoms with Crippen LogP contribution in [0.5, 0.6) is 0 Å². The molecular weight excluding hydrogens is 368 g/mol. The smallest absolute Gasteiger partial charge is 0.350 e. The van der Waals surface area contributed by atoms with Crippen molar-refractivity contribution in [2.75, 3.05) is 18.6 Å². The van der Waals surface area contributed by atoms with Gasteiger partial charge in [0.05, 0.1) is 11.7 Å². The molecule has 4 rings (SSSR count). The quantitative estimate of drug-likeness (QED) is 0.612. The first-order valence-electron chi connectivity index (χ1n) is 10.2. The van der Waals surface area contributed by atoms with Crippen LogP contribution in [0.3, 0.4) is 0 Å². The van der Waals surface area contributed by atoms with Gasteiger partial charge in [0.25, 0.3) is 0 Å². The molecule has 2 fully saturated rings. The summed E-state index contributed by atoms with van der Waals surface area (Å²) in [6, 6.07) is 6.67. The zero-order valence-electron chi connectivity index (χ0n) is 17.2. The Morgan fingerprint density at radius 3 is 2.41 bits per heavy atom. The molecule has 0 aliphatic carbocycles. The summed E-state index contributed by atoms with van der Waals surface area (Å²) >= 11 is 0. The van der Waals surface area contributed by atoms with E-state index in [1.807, 2.05) is 30.5 Å². The molecular formula is C21H28N6O2. The summed E-state index contributed by atoms with van der Waals surface area (Å²) in [5.74, 6) is 0. The van der Waals surface area contributed by atoms with Crippen molar-refractivity contribution in [1.29, 1.82) is 5.26 Å². The van der Waals surface area contributed by atoms with Gasteiger partial charge in [-0.05, 0) is 44.4 Å². The minimum absolute atomic E-state index is 0.214. The Kier molecular flexibility index (Phi) is 4.66. The number of urea groups is 2. The van der Waals surface area contributed by atoms with Crippen LogP contribution in [0.25, 0.3) is 0 Å². The Labute approximate surface area is 171 Å². The van der Waals surface area contributed by atoms with Crippen LogP contribution in [-0.2, 0) is 5.41 Å². The molecule has 0 radical (unpaired) electrons. The number of hydrogen-bond acceptors (Lipinski definition) is 5. The normalized spacial score (nSPS) is 27.2. The van der Waals surface area contributed by atoms with Crippen LogP contribution in [0.4, 0.5) is 15.3 Å². The van der Waals surface area contributed by atoms with Gasteiger partial charge >= 0.3 is 12.1 Å². The van der Waals surface area contributed by atoms with E-state index in [4.69, 9.17) is 5.73 Å². The molecule has 1 aromatic carbocycles. The number of primary amides is 1. The SMILES string of the molecule is CN1C2CCC1CC(N(C#N)C(=O)N(C(N)=O)N1CC(C)(C)c3ccccc31)C2. The van der Waals surface area contributed by atoms with E-state index in [0.717, 1.165) is 46.8 Å². The first-order chi connectivity index (χ1) is 13.7. The lowest BCUT2D eigenvalue weighted by Gasteiger charge is -2.41. The number of benzene rings is 1. The monoisotopic (exact) mass is 396 g/mol. The number of carbonyl (C=O) groups excluding carboxylic acids is 2. The highest BCUT2D eigenvalue weighted by Crippen LogP contribution is 2.42. The number of nitrogens with two attached hydrogens (primary N) is 1. The van der Waals surface area contributed by atoms with E-state index < -0.39 is 12.1 Å². The molecule has 3 heterocycles. The van der Waals surface area contributed by atoms with E-state index in [-0.39, 0.29) is 11.5 Å². The van der Waals surface area contributed by atoms with E-state index in [1.165, 1.54) is 0 Å². The van der Waals surface area contributed by atoms with Gasteiger partial charge in [-0.25, -0.2) is 14.5 Å².